The van der Waals surface area contributed by atoms with Crippen LogP contribution in [0.4, 0.5) is 4.79 Å². The fourth-order valence-corrected chi connectivity index (χ4v) is 1.88. The number of nitrogens with two attached hydrogens (primary N) is 1. The van der Waals surface area contributed by atoms with Crippen LogP contribution >= 0.6 is 0 Å². The molecule has 1 aliphatic rings. The first-order chi connectivity index (χ1) is 8.06. The van der Waals surface area contributed by atoms with Crippen LogP contribution in [0.5, 0.6) is 0 Å². The van der Waals surface area contributed by atoms with E-state index >= 15 is 0 Å². The Morgan fingerprint density at radius 2 is 2.35 bits per heavy atom. The Labute approximate surface area is 99.1 Å². The van der Waals surface area contributed by atoms with E-state index in [1.807, 2.05) is 7.05 Å². The van der Waals surface area contributed by atoms with E-state index in [0.717, 1.165) is 5.69 Å². The maximum atomic E-state index is 11.7. The standard InChI is InChI=1S/C11H13N5O/c1-4-7(2)16-9(10(12)14-11(16)17)8-5-13-6-15(8)3/h1,5-7,9H,2-3H3,(H2,12,14,17). The van der Waals surface area contributed by atoms with Gasteiger partial charge in [-0.05, 0) is 6.92 Å². The summed E-state index contributed by atoms with van der Waals surface area (Å²) in [6.45, 7) is 1.76. The van der Waals surface area contributed by atoms with Gasteiger partial charge in [-0.1, -0.05) is 5.92 Å². The summed E-state index contributed by atoms with van der Waals surface area (Å²) in [7, 11) is 1.83. The van der Waals surface area contributed by atoms with Gasteiger partial charge in [-0.25, -0.2) is 9.78 Å². The number of carbonyl (C=O) groups is 1. The molecule has 6 heteroatoms. The topological polar surface area (TPSA) is 76.5 Å². The number of urea groups is 1. The van der Waals surface area contributed by atoms with Crippen LogP contribution in [0, 0.1) is 12.3 Å². The lowest BCUT2D eigenvalue weighted by Gasteiger charge is -2.27. The van der Waals surface area contributed by atoms with Crippen molar-refractivity contribution in [2.24, 2.45) is 17.8 Å². The summed E-state index contributed by atoms with van der Waals surface area (Å²) in [6, 6.07) is -1.20. The van der Waals surface area contributed by atoms with Crippen LogP contribution in [0.2, 0.25) is 0 Å². The molecule has 2 unspecified atom stereocenters. The van der Waals surface area contributed by atoms with E-state index in [1.165, 1.54) is 4.90 Å². The van der Waals surface area contributed by atoms with E-state index < -0.39 is 12.1 Å². The van der Waals surface area contributed by atoms with Crippen molar-refractivity contribution in [2.75, 3.05) is 0 Å². The van der Waals surface area contributed by atoms with Crippen LogP contribution in [0.25, 0.3) is 0 Å². The number of hydrogen-bond acceptors (Lipinski definition) is 3. The molecule has 17 heavy (non-hydrogen) atoms. The lowest BCUT2D eigenvalue weighted by molar-refractivity contribution is 0.197. The Hall–Kier alpha value is -2.29. The van der Waals surface area contributed by atoms with E-state index in [1.54, 1.807) is 24.0 Å². The lowest BCUT2D eigenvalue weighted by Crippen LogP contribution is -2.39. The average Bonchev–Trinajstić information content (AvgIpc) is 2.81. The molecule has 88 valence electrons. The minimum atomic E-state index is -0.430. The molecular weight excluding hydrogens is 218 g/mol. The number of terminal acetylenes is 1. The first-order valence-electron chi connectivity index (χ1n) is 5.15. The number of aromatic nitrogens is 2. The van der Waals surface area contributed by atoms with Crippen molar-refractivity contribution in [3.8, 4) is 12.3 Å². The lowest BCUT2D eigenvalue weighted by atomic mass is 10.1. The summed E-state index contributed by atoms with van der Waals surface area (Å²) < 4.78 is 1.79. The smallest absolute Gasteiger partial charge is 0.347 e. The molecule has 1 aliphatic heterocycles. The summed E-state index contributed by atoms with van der Waals surface area (Å²) >= 11 is 0. The number of rotatable bonds is 2. The molecule has 2 atom stereocenters. The molecule has 0 aliphatic carbocycles. The van der Waals surface area contributed by atoms with E-state index in [4.69, 9.17) is 12.2 Å². The Morgan fingerprint density at radius 1 is 1.65 bits per heavy atom. The maximum absolute atomic E-state index is 11.7. The zero-order valence-corrected chi connectivity index (χ0v) is 9.66. The molecule has 2 rings (SSSR count). The molecule has 0 fully saturated rings. The van der Waals surface area contributed by atoms with Crippen LogP contribution in [-0.4, -0.2) is 32.4 Å². The van der Waals surface area contributed by atoms with Gasteiger partial charge in [0.05, 0.1) is 24.3 Å². The van der Waals surface area contributed by atoms with E-state index in [-0.39, 0.29) is 11.9 Å². The van der Waals surface area contributed by atoms with Gasteiger partial charge in [0, 0.05) is 7.05 Å². The van der Waals surface area contributed by atoms with E-state index in [2.05, 4.69) is 15.9 Å². The third-order valence-corrected chi connectivity index (χ3v) is 2.80. The average molecular weight is 231 g/mol. The van der Waals surface area contributed by atoms with Crippen molar-refractivity contribution in [2.45, 2.75) is 19.0 Å². The molecule has 0 bridgehead atoms. The highest BCUT2D eigenvalue weighted by Crippen LogP contribution is 2.28. The SMILES string of the molecule is C#CC(C)N1C(=O)N=C(N)C1c1cncn1C. The number of imidazole rings is 1. The zero-order valence-electron chi connectivity index (χ0n) is 9.66. The highest BCUT2D eigenvalue weighted by molar-refractivity contribution is 6.03. The molecular formula is C11H13N5O. The normalized spacial score (nSPS) is 21.2. The van der Waals surface area contributed by atoms with Crippen LogP contribution in [0.15, 0.2) is 17.5 Å². The number of aliphatic imine (C=N–C) groups is 1. The van der Waals surface area contributed by atoms with Gasteiger partial charge in [-0.2, -0.15) is 4.99 Å². The van der Waals surface area contributed by atoms with Crippen molar-refractivity contribution in [3.05, 3.63) is 18.2 Å². The molecule has 2 N–H and O–H groups in total. The molecule has 2 heterocycles. The van der Waals surface area contributed by atoms with Crippen molar-refractivity contribution in [3.63, 3.8) is 0 Å². The van der Waals surface area contributed by atoms with Gasteiger partial charge in [0.2, 0.25) is 0 Å². The third kappa shape index (κ3) is 1.65. The van der Waals surface area contributed by atoms with Gasteiger partial charge in [-0.15, -0.1) is 6.42 Å². The van der Waals surface area contributed by atoms with Gasteiger partial charge in [0.25, 0.3) is 0 Å². The van der Waals surface area contributed by atoms with E-state index in [9.17, 15) is 4.79 Å². The largest absolute Gasteiger partial charge is 0.385 e. The predicted octanol–water partition coefficient (Wildman–Crippen LogP) is 0.276. The number of aryl methyl sites for hydroxylation is 1. The van der Waals surface area contributed by atoms with Crippen LogP contribution < -0.4 is 5.73 Å². The summed E-state index contributed by atoms with van der Waals surface area (Å²) in [6.07, 6.45) is 8.65. The quantitative estimate of drug-likeness (QED) is 0.742. The monoisotopic (exact) mass is 231 g/mol. The molecule has 1 aromatic heterocycles. The van der Waals surface area contributed by atoms with Gasteiger partial charge in [0.1, 0.15) is 11.9 Å². The highest BCUT2D eigenvalue weighted by Gasteiger charge is 2.38. The first kappa shape index (κ1) is 11.2. The summed E-state index contributed by atoms with van der Waals surface area (Å²) in [5.74, 6) is 2.77. The van der Waals surface area contributed by atoms with Crippen molar-refractivity contribution in [1.29, 1.82) is 0 Å². The molecule has 1 aromatic rings. The van der Waals surface area contributed by atoms with Crippen LogP contribution in [0.1, 0.15) is 18.7 Å². The van der Waals surface area contributed by atoms with E-state index in [0.29, 0.717) is 0 Å². The number of carbonyl (C=O) groups excluding carboxylic acids is 1. The number of amidine groups is 1. The van der Waals surface area contributed by atoms with Gasteiger partial charge in [0.15, 0.2) is 0 Å². The zero-order chi connectivity index (χ0) is 12.6. The van der Waals surface area contributed by atoms with Crippen LogP contribution in [0.3, 0.4) is 0 Å². The molecule has 0 saturated heterocycles. The molecule has 0 radical (unpaired) electrons. The number of hydrogen-bond donors (Lipinski definition) is 1. The minimum absolute atomic E-state index is 0.251. The Bertz CT molecular complexity index is 524. The Kier molecular flexibility index (Phi) is 2.60. The fourth-order valence-electron chi connectivity index (χ4n) is 1.88. The highest BCUT2D eigenvalue weighted by atomic mass is 16.2. The van der Waals surface area contributed by atoms with Gasteiger partial charge < -0.3 is 10.3 Å². The number of amides is 2. The molecule has 0 spiro atoms. The van der Waals surface area contributed by atoms with Crippen LogP contribution in [-0.2, 0) is 7.05 Å². The second-order valence-electron chi connectivity index (χ2n) is 3.90. The molecule has 0 saturated carbocycles. The number of nitrogens with zero attached hydrogens (tertiary/aromatic N) is 4. The second kappa shape index (κ2) is 3.94. The Balaban J connectivity index is 2.44. The maximum Gasteiger partial charge on any atom is 0.347 e. The summed E-state index contributed by atoms with van der Waals surface area (Å²) in [4.78, 5) is 21.0. The van der Waals surface area contributed by atoms with Crippen molar-refractivity contribution < 1.29 is 4.79 Å². The van der Waals surface area contributed by atoms with Gasteiger partial charge >= 0.3 is 6.03 Å². The summed E-state index contributed by atoms with van der Waals surface area (Å²) in [5.41, 5.74) is 6.58. The minimum Gasteiger partial charge on any atom is -0.385 e. The predicted molar refractivity (Wildman–Crippen MR) is 63.1 cm³/mol. The second-order valence-corrected chi connectivity index (χ2v) is 3.90. The van der Waals surface area contributed by atoms with Gasteiger partial charge in [-0.3, -0.25) is 4.90 Å². The molecule has 6 nitrogen and oxygen atoms in total. The summed E-state index contributed by atoms with van der Waals surface area (Å²) in [5, 5.41) is 0. The van der Waals surface area contributed by atoms with Crippen molar-refractivity contribution in [1.82, 2.24) is 14.5 Å². The molecule has 2 amide bonds. The first-order valence-corrected chi connectivity index (χ1v) is 5.15. The van der Waals surface area contributed by atoms with Crippen molar-refractivity contribution >= 4 is 11.9 Å². The Morgan fingerprint density at radius 3 is 2.88 bits per heavy atom. The third-order valence-electron chi connectivity index (χ3n) is 2.80. The fraction of sp³-hybridized carbons (Fsp3) is 0.364. The molecule has 0 aromatic carbocycles.